The van der Waals surface area contributed by atoms with Crippen molar-refractivity contribution in [3.8, 4) is 11.8 Å². The van der Waals surface area contributed by atoms with E-state index in [-0.39, 0.29) is 11.5 Å². The molecule has 0 saturated heterocycles. The summed E-state index contributed by atoms with van der Waals surface area (Å²) in [6.45, 7) is 1.40. The van der Waals surface area contributed by atoms with Crippen LogP contribution in [-0.2, 0) is 14.5 Å². The summed E-state index contributed by atoms with van der Waals surface area (Å²) in [4.78, 5) is 32.1. The summed E-state index contributed by atoms with van der Waals surface area (Å²) in [6, 6.07) is 11.5. The van der Waals surface area contributed by atoms with Gasteiger partial charge in [-0.05, 0) is 42.5 Å². The molecule has 2 amide bonds. The van der Waals surface area contributed by atoms with Crippen molar-refractivity contribution in [3.63, 3.8) is 0 Å². The van der Waals surface area contributed by atoms with Gasteiger partial charge >= 0.3 is 0 Å². The number of rotatable bonds is 3. The molecule has 7 nitrogen and oxygen atoms in total. The smallest absolute Gasteiger partial charge is 0.286 e. The zero-order chi connectivity index (χ0) is 21.6. The Morgan fingerprint density at radius 1 is 1.00 bits per heavy atom. The molecule has 2 aromatic heterocycles. The molecule has 1 N–H and O–H groups in total. The first kappa shape index (κ1) is 20.9. The molecule has 3 aromatic rings. The van der Waals surface area contributed by atoms with E-state index >= 15 is 0 Å². The maximum atomic E-state index is 13.0. The molecule has 0 saturated carbocycles. The third-order valence-electron chi connectivity index (χ3n) is 3.87. The molecule has 0 aliphatic carbocycles. The predicted molar refractivity (Wildman–Crippen MR) is 114 cm³/mol. The molecule has 150 valence electrons. The molecule has 2 heterocycles. The first-order chi connectivity index (χ1) is 14.3. The molecule has 0 aliphatic heterocycles. The van der Waals surface area contributed by atoms with Crippen LogP contribution in [0.15, 0.2) is 76.5 Å². The average Bonchev–Trinajstić information content (AvgIpc) is 2.73. The molecule has 30 heavy (non-hydrogen) atoms. The summed E-state index contributed by atoms with van der Waals surface area (Å²) in [6.07, 6.45) is 7.57. The maximum Gasteiger partial charge on any atom is 0.286 e. The first-order valence-corrected chi connectivity index (χ1v) is 10.8. The predicted octanol–water partition coefficient (Wildman–Crippen LogP) is 3.13. The van der Waals surface area contributed by atoms with Gasteiger partial charge in [-0.25, -0.2) is 4.21 Å². The Labute approximate surface area is 174 Å². The monoisotopic (exact) mass is 418 g/mol. The first-order valence-electron chi connectivity index (χ1n) is 8.85. The number of aromatic nitrogens is 2. The number of anilines is 1. The molecule has 0 bridgehead atoms. The molecular formula is C22H18N4O3S. The maximum absolute atomic E-state index is 13.0. The highest BCUT2D eigenvalue weighted by atomic mass is 32.2. The zero-order valence-electron chi connectivity index (χ0n) is 16.3. The fourth-order valence-corrected chi connectivity index (χ4v) is 3.63. The van der Waals surface area contributed by atoms with Gasteiger partial charge in [0.15, 0.2) is 0 Å². The van der Waals surface area contributed by atoms with Crippen molar-refractivity contribution < 1.29 is 13.8 Å². The van der Waals surface area contributed by atoms with Gasteiger partial charge in [0.25, 0.3) is 5.91 Å². The third kappa shape index (κ3) is 5.59. The summed E-state index contributed by atoms with van der Waals surface area (Å²) in [5, 5.41) is 2.63. The Morgan fingerprint density at radius 3 is 2.37 bits per heavy atom. The molecule has 1 aromatic carbocycles. The number of amides is 2. The largest absolute Gasteiger partial charge is 0.326 e. The third-order valence-corrected chi connectivity index (χ3v) is 5.53. The highest BCUT2D eigenvalue weighted by molar-refractivity contribution is 7.93. The second-order valence-electron chi connectivity index (χ2n) is 6.36. The molecule has 1 unspecified atom stereocenters. The number of nitrogens with one attached hydrogen (secondary N) is 1. The minimum atomic E-state index is -2.98. The summed E-state index contributed by atoms with van der Waals surface area (Å²) in [5.41, 5.74) is 2.02. The van der Waals surface area contributed by atoms with E-state index in [1.54, 1.807) is 48.8 Å². The number of nitrogens with zero attached hydrogens (tertiary/aromatic N) is 3. The van der Waals surface area contributed by atoms with Crippen LogP contribution in [0.5, 0.6) is 0 Å². The number of carbonyl (C=O) groups excluding carboxylic acids is 2. The number of pyridine rings is 2. The van der Waals surface area contributed by atoms with Gasteiger partial charge in [0, 0.05) is 59.7 Å². The summed E-state index contributed by atoms with van der Waals surface area (Å²) in [5.74, 6) is 5.00. The SMILES string of the molecule is CC(=O)Nc1ccc(S(C)(=O)=NC(=O)c2cncc(C#Cc3cccnc3)c2)cc1. The van der Waals surface area contributed by atoms with Gasteiger partial charge in [0.05, 0.1) is 15.3 Å². The number of hydrogen-bond donors (Lipinski definition) is 1. The average molecular weight is 418 g/mol. The fraction of sp³-hybridized carbons (Fsp3) is 0.0909. The molecule has 3 rings (SSSR count). The van der Waals surface area contributed by atoms with Gasteiger partial charge in [0.1, 0.15) is 0 Å². The van der Waals surface area contributed by atoms with Gasteiger partial charge in [0.2, 0.25) is 5.91 Å². The lowest BCUT2D eigenvalue weighted by molar-refractivity contribution is -0.114. The summed E-state index contributed by atoms with van der Waals surface area (Å²) >= 11 is 0. The molecule has 0 spiro atoms. The second kappa shape index (κ2) is 9.11. The van der Waals surface area contributed by atoms with Crippen LogP contribution in [0.3, 0.4) is 0 Å². The summed E-state index contributed by atoms with van der Waals surface area (Å²) in [7, 11) is -2.98. The fourth-order valence-electron chi connectivity index (χ4n) is 2.46. The van der Waals surface area contributed by atoms with E-state index < -0.39 is 15.6 Å². The van der Waals surface area contributed by atoms with Crippen molar-refractivity contribution in [1.29, 1.82) is 0 Å². The van der Waals surface area contributed by atoms with Crippen LogP contribution in [0.25, 0.3) is 0 Å². The number of carbonyl (C=O) groups is 2. The summed E-state index contributed by atoms with van der Waals surface area (Å²) < 4.78 is 16.9. The van der Waals surface area contributed by atoms with Gasteiger partial charge < -0.3 is 5.32 Å². The number of benzene rings is 1. The van der Waals surface area contributed by atoms with Crippen molar-refractivity contribution >= 4 is 27.2 Å². The van der Waals surface area contributed by atoms with Crippen LogP contribution in [0.2, 0.25) is 0 Å². The Hall–Kier alpha value is -3.83. The van der Waals surface area contributed by atoms with Gasteiger partial charge in [-0.15, -0.1) is 0 Å². The molecule has 0 radical (unpaired) electrons. The van der Waals surface area contributed by atoms with E-state index in [2.05, 4.69) is 31.5 Å². The van der Waals surface area contributed by atoms with E-state index in [1.807, 2.05) is 6.07 Å². The van der Waals surface area contributed by atoms with Crippen molar-refractivity contribution in [2.75, 3.05) is 11.6 Å². The highest BCUT2D eigenvalue weighted by Gasteiger charge is 2.12. The lowest BCUT2D eigenvalue weighted by Crippen LogP contribution is -2.07. The molecule has 1 atom stereocenters. The van der Waals surface area contributed by atoms with Gasteiger partial charge in [-0.2, -0.15) is 4.36 Å². The zero-order valence-corrected chi connectivity index (χ0v) is 17.1. The van der Waals surface area contributed by atoms with E-state index in [1.165, 1.54) is 25.6 Å². The van der Waals surface area contributed by atoms with Crippen molar-refractivity contribution in [2.24, 2.45) is 4.36 Å². The van der Waals surface area contributed by atoms with Crippen molar-refractivity contribution in [1.82, 2.24) is 9.97 Å². The van der Waals surface area contributed by atoms with E-state index in [0.717, 1.165) is 5.56 Å². The lowest BCUT2D eigenvalue weighted by Gasteiger charge is -2.06. The van der Waals surface area contributed by atoms with Gasteiger partial charge in [-0.1, -0.05) is 11.8 Å². The highest BCUT2D eigenvalue weighted by Crippen LogP contribution is 2.17. The van der Waals surface area contributed by atoms with Crippen LogP contribution in [-0.4, -0.2) is 32.2 Å². The topological polar surface area (TPSA) is 101 Å². The standard InChI is InChI=1S/C22H18N4O3S/c1-16(27)25-20-7-9-21(10-8-20)30(2,29)26-22(28)19-12-18(14-24-15-19)6-5-17-4-3-11-23-13-17/h3-4,7-15H,1-2H3,(H,25,27). The second-order valence-corrected chi connectivity index (χ2v) is 8.62. The van der Waals surface area contributed by atoms with E-state index in [4.69, 9.17) is 0 Å². The Balaban J connectivity index is 1.84. The quantitative estimate of drug-likeness (QED) is 0.659. The normalized spacial score (nSPS) is 12.1. The molecule has 8 heteroatoms. The van der Waals surface area contributed by atoms with E-state index in [0.29, 0.717) is 16.1 Å². The van der Waals surface area contributed by atoms with Crippen LogP contribution < -0.4 is 5.32 Å². The minimum Gasteiger partial charge on any atom is -0.326 e. The van der Waals surface area contributed by atoms with E-state index in [9.17, 15) is 13.8 Å². The van der Waals surface area contributed by atoms with Gasteiger partial charge in [-0.3, -0.25) is 19.6 Å². The Bertz CT molecular complexity index is 1270. The number of hydrogen-bond acceptors (Lipinski definition) is 5. The lowest BCUT2D eigenvalue weighted by atomic mass is 10.2. The molecule has 0 fully saturated rings. The van der Waals surface area contributed by atoms with Crippen LogP contribution in [0.4, 0.5) is 5.69 Å². The van der Waals surface area contributed by atoms with Crippen LogP contribution in [0, 0.1) is 11.8 Å². The Morgan fingerprint density at radius 2 is 1.70 bits per heavy atom. The molecular weight excluding hydrogens is 400 g/mol. The van der Waals surface area contributed by atoms with Crippen molar-refractivity contribution in [3.05, 3.63) is 83.9 Å². The van der Waals surface area contributed by atoms with Crippen LogP contribution >= 0.6 is 0 Å². The van der Waals surface area contributed by atoms with Crippen LogP contribution in [0.1, 0.15) is 28.4 Å². The van der Waals surface area contributed by atoms with Crippen molar-refractivity contribution in [2.45, 2.75) is 11.8 Å². The Kier molecular flexibility index (Phi) is 6.35. The molecule has 0 aliphatic rings. The minimum absolute atomic E-state index is 0.192.